The summed E-state index contributed by atoms with van der Waals surface area (Å²) in [4.78, 5) is 0. The third kappa shape index (κ3) is 20.1. The van der Waals surface area contributed by atoms with Crippen LogP contribution in [0.4, 0.5) is 0 Å². The Labute approximate surface area is 232 Å². The topological polar surface area (TPSA) is 68.3 Å². The van der Waals surface area contributed by atoms with Crippen molar-refractivity contribution in [2.75, 3.05) is 11.5 Å². The van der Waals surface area contributed by atoms with Gasteiger partial charge < -0.3 is 0 Å². The molecule has 0 aromatic carbocycles. The van der Waals surface area contributed by atoms with Crippen LogP contribution in [0.5, 0.6) is 0 Å². The highest BCUT2D eigenvalue weighted by atomic mass is 32.3. The van der Waals surface area contributed by atoms with E-state index in [-0.39, 0.29) is 18.6 Å². The second kappa shape index (κ2) is 22.4. The van der Waals surface area contributed by atoms with Crippen LogP contribution in [0.25, 0.3) is 0 Å². The molecule has 0 aromatic heterocycles. The van der Waals surface area contributed by atoms with E-state index in [1.807, 2.05) is 0 Å². The van der Waals surface area contributed by atoms with Crippen LogP contribution in [0.15, 0.2) is 0 Å². The molecule has 0 N–H and O–H groups in total. The molecule has 0 saturated carbocycles. The van der Waals surface area contributed by atoms with Crippen molar-refractivity contribution in [3.63, 3.8) is 0 Å². The lowest BCUT2D eigenvalue weighted by Gasteiger charge is -2.08. The third-order valence-electron chi connectivity index (χ3n) is 6.21. The monoisotopic (exact) mass is 586 g/mol. The molecule has 208 valence electrons. The average molecular weight is 587 g/mol. The minimum absolute atomic E-state index is 0.0313. The Balaban J connectivity index is 4.02. The van der Waals surface area contributed by atoms with E-state index in [0.29, 0.717) is 24.6 Å². The number of hydrogen-bond acceptors (Lipinski definition) is 7. The summed E-state index contributed by atoms with van der Waals surface area (Å²) in [6.45, 7) is 4.42. The molecular formula is C26H50O4S5. The van der Waals surface area contributed by atoms with Crippen molar-refractivity contribution in [2.45, 2.75) is 142 Å². The van der Waals surface area contributed by atoms with Crippen LogP contribution in [0.2, 0.25) is 0 Å². The van der Waals surface area contributed by atoms with Crippen LogP contribution in [0, 0.1) is 0 Å². The number of thioether (sulfide) groups is 1. The molecule has 0 fully saturated rings. The van der Waals surface area contributed by atoms with E-state index < -0.39 is 19.7 Å². The average Bonchev–Trinajstić information content (AvgIpc) is 2.81. The van der Waals surface area contributed by atoms with Gasteiger partial charge in [-0.15, -0.1) is 0 Å². The van der Waals surface area contributed by atoms with Gasteiger partial charge in [0.25, 0.3) is 0 Å². The van der Waals surface area contributed by atoms with Crippen molar-refractivity contribution in [1.29, 1.82) is 0 Å². The standard InChI is InChI=1S/C26H50O4S5/c1-3-5-7-9-11-13-15-17-19-21-23-34(27,28)25(31)33-26(32)35(29,30)24-22-20-18-16-14-12-10-8-6-4-2/h3-24H2,1-2H3. The third-order valence-corrected chi connectivity index (χ3v) is 13.3. The SMILES string of the molecule is CCCCCCCCCCCCS(=O)(=O)C(=S)SC(=S)S(=O)(=O)CCCCCCCCCCCC. The van der Waals surface area contributed by atoms with Crippen LogP contribution in [0.1, 0.15) is 142 Å². The largest absolute Gasteiger partial charge is 0.222 e. The van der Waals surface area contributed by atoms with E-state index in [1.165, 1.54) is 77.0 Å². The van der Waals surface area contributed by atoms with Crippen molar-refractivity contribution < 1.29 is 16.8 Å². The van der Waals surface area contributed by atoms with Gasteiger partial charge in [0.15, 0.2) is 26.7 Å². The fraction of sp³-hybridized carbons (Fsp3) is 0.923. The molecule has 4 nitrogen and oxygen atoms in total. The van der Waals surface area contributed by atoms with Crippen LogP contribution in [0.3, 0.4) is 0 Å². The summed E-state index contributed by atoms with van der Waals surface area (Å²) >= 11 is 10.7. The summed E-state index contributed by atoms with van der Waals surface area (Å²) in [6, 6.07) is 0. The molecule has 9 heteroatoms. The fourth-order valence-electron chi connectivity index (χ4n) is 3.92. The van der Waals surface area contributed by atoms with Crippen LogP contribution in [-0.2, 0) is 19.7 Å². The first-order valence-corrected chi connectivity index (χ1v) is 18.8. The molecular weight excluding hydrogens is 537 g/mol. The molecule has 0 spiro atoms. The smallest absolute Gasteiger partial charge is 0.195 e. The molecule has 0 heterocycles. The first-order chi connectivity index (χ1) is 16.7. The van der Waals surface area contributed by atoms with Crippen LogP contribution in [-0.4, -0.2) is 35.4 Å². The van der Waals surface area contributed by atoms with E-state index in [2.05, 4.69) is 13.8 Å². The van der Waals surface area contributed by atoms with Crippen molar-refractivity contribution in [2.24, 2.45) is 0 Å². The molecule has 0 amide bonds. The Morgan fingerprint density at radius 2 is 0.686 bits per heavy atom. The van der Waals surface area contributed by atoms with E-state index in [0.717, 1.165) is 38.5 Å². The molecule has 0 unspecified atom stereocenters. The Hall–Kier alpha value is 0.430. The van der Waals surface area contributed by atoms with E-state index in [1.54, 1.807) is 0 Å². The second-order valence-corrected chi connectivity index (χ2v) is 17.1. The Kier molecular flexibility index (Phi) is 22.7. The normalized spacial score (nSPS) is 12.2. The quantitative estimate of drug-likeness (QED) is 0.0926. The minimum atomic E-state index is -3.62. The Morgan fingerprint density at radius 1 is 0.457 bits per heavy atom. The lowest BCUT2D eigenvalue weighted by Crippen LogP contribution is -2.20. The van der Waals surface area contributed by atoms with Gasteiger partial charge in [0.2, 0.25) is 0 Å². The van der Waals surface area contributed by atoms with Gasteiger partial charge in [-0.25, -0.2) is 16.8 Å². The van der Waals surface area contributed by atoms with Crippen molar-refractivity contribution in [3.05, 3.63) is 0 Å². The van der Waals surface area contributed by atoms with E-state index in [4.69, 9.17) is 24.4 Å². The zero-order chi connectivity index (χ0) is 26.4. The molecule has 35 heavy (non-hydrogen) atoms. The number of thiocarbonyl (C=S) groups is 2. The van der Waals surface area contributed by atoms with Gasteiger partial charge in [-0.3, -0.25) is 0 Å². The molecule has 0 aliphatic heterocycles. The van der Waals surface area contributed by atoms with Gasteiger partial charge >= 0.3 is 0 Å². The number of sulfone groups is 2. The van der Waals surface area contributed by atoms with Gasteiger partial charge in [-0.2, -0.15) is 0 Å². The molecule has 0 saturated heterocycles. The van der Waals surface area contributed by atoms with E-state index >= 15 is 0 Å². The van der Waals surface area contributed by atoms with Gasteiger partial charge in [0.1, 0.15) is 0 Å². The maximum absolute atomic E-state index is 12.5. The Bertz CT molecular complexity index is 697. The maximum atomic E-state index is 12.5. The zero-order valence-corrected chi connectivity index (χ0v) is 26.3. The summed E-state index contributed by atoms with van der Waals surface area (Å²) in [5, 5.41) is 0. The van der Waals surface area contributed by atoms with Crippen LogP contribution < -0.4 is 0 Å². The van der Waals surface area contributed by atoms with Crippen molar-refractivity contribution in [1.82, 2.24) is 0 Å². The molecule has 0 aliphatic rings. The molecule has 0 aliphatic carbocycles. The van der Waals surface area contributed by atoms with Gasteiger partial charge in [-0.1, -0.05) is 154 Å². The van der Waals surface area contributed by atoms with Gasteiger partial charge in [0, 0.05) is 0 Å². The number of hydrogen-bond donors (Lipinski definition) is 0. The minimum Gasteiger partial charge on any atom is -0.222 e. The molecule has 0 atom stereocenters. The summed E-state index contributed by atoms with van der Waals surface area (Å²) in [5.41, 5.74) is 0. The lowest BCUT2D eigenvalue weighted by molar-refractivity contribution is 0.559. The summed E-state index contributed by atoms with van der Waals surface area (Å²) in [7, 11) is -7.25. The summed E-state index contributed by atoms with van der Waals surface area (Å²) in [6.07, 6.45) is 22.3. The lowest BCUT2D eigenvalue weighted by atomic mass is 10.1. The van der Waals surface area contributed by atoms with E-state index in [9.17, 15) is 16.8 Å². The Morgan fingerprint density at radius 3 is 0.943 bits per heavy atom. The molecule has 0 rings (SSSR count). The number of rotatable bonds is 22. The molecule has 0 radical (unpaired) electrons. The second-order valence-electron chi connectivity index (χ2n) is 9.60. The predicted molar refractivity (Wildman–Crippen MR) is 164 cm³/mol. The first-order valence-electron chi connectivity index (χ1n) is 13.9. The molecule has 0 bridgehead atoms. The van der Waals surface area contributed by atoms with Crippen LogP contribution >= 0.6 is 36.2 Å². The summed E-state index contributed by atoms with van der Waals surface area (Å²) in [5.74, 6) is -0.0626. The number of unbranched alkanes of at least 4 members (excludes halogenated alkanes) is 18. The molecule has 0 aromatic rings. The van der Waals surface area contributed by atoms with Gasteiger partial charge in [-0.05, 0) is 24.6 Å². The predicted octanol–water partition coefficient (Wildman–Crippen LogP) is 8.96. The van der Waals surface area contributed by atoms with Crippen molar-refractivity contribution in [3.8, 4) is 0 Å². The zero-order valence-electron chi connectivity index (χ0n) is 22.2. The maximum Gasteiger partial charge on any atom is 0.195 e. The van der Waals surface area contributed by atoms with Crippen molar-refractivity contribution >= 4 is 62.9 Å². The van der Waals surface area contributed by atoms with Gasteiger partial charge in [0.05, 0.1) is 11.5 Å². The summed E-state index contributed by atoms with van der Waals surface area (Å²) < 4.78 is 49.2. The highest BCUT2D eigenvalue weighted by Crippen LogP contribution is 2.21. The first kappa shape index (κ1) is 35.4. The highest BCUT2D eigenvalue weighted by molar-refractivity contribution is 8.60. The fourth-order valence-corrected chi connectivity index (χ4v) is 9.21. The highest BCUT2D eigenvalue weighted by Gasteiger charge is 2.26.